The van der Waals surface area contributed by atoms with Crippen LogP contribution in [0.3, 0.4) is 0 Å². The Hall–Kier alpha value is -3.97. The van der Waals surface area contributed by atoms with Crippen LogP contribution in [0.5, 0.6) is 0 Å². The van der Waals surface area contributed by atoms with Gasteiger partial charge < -0.3 is 4.52 Å². The van der Waals surface area contributed by atoms with E-state index in [4.69, 9.17) is 15.0 Å². The minimum atomic E-state index is -0.277. The van der Waals surface area contributed by atoms with Crippen LogP contribution in [0, 0.1) is 29.6 Å². The van der Waals surface area contributed by atoms with Crippen molar-refractivity contribution in [2.24, 2.45) is 5.10 Å². The van der Waals surface area contributed by atoms with Gasteiger partial charge in [-0.15, -0.1) is 0 Å². The molecule has 7 nitrogen and oxygen atoms in total. The highest BCUT2D eigenvalue weighted by Gasteiger charge is 2.14. The predicted octanol–water partition coefficient (Wildman–Crippen LogP) is 3.53. The molecule has 7 heteroatoms. The van der Waals surface area contributed by atoms with Crippen molar-refractivity contribution in [1.82, 2.24) is 10.1 Å². The summed E-state index contributed by atoms with van der Waals surface area (Å²) in [6.45, 7) is 1.97. The van der Waals surface area contributed by atoms with Gasteiger partial charge in [0.25, 0.3) is 5.89 Å². The van der Waals surface area contributed by atoms with E-state index in [1.165, 1.54) is 0 Å². The number of aryl methyl sites for hydroxylation is 1. The van der Waals surface area contributed by atoms with E-state index in [0.29, 0.717) is 23.0 Å². The van der Waals surface area contributed by atoms with Gasteiger partial charge in [0, 0.05) is 5.56 Å². The van der Waals surface area contributed by atoms with Gasteiger partial charge in [-0.25, -0.2) is 0 Å². The van der Waals surface area contributed by atoms with Crippen LogP contribution in [-0.4, -0.2) is 15.9 Å². The van der Waals surface area contributed by atoms with E-state index in [-0.39, 0.29) is 5.71 Å². The SMILES string of the molecule is Cc1ccccc1-c1noc(-c2ccccc2NN=C(C#N)C#N)n1. The highest BCUT2D eigenvalue weighted by Crippen LogP contribution is 2.29. The normalized spacial score (nSPS) is 9.72. The van der Waals surface area contributed by atoms with Gasteiger partial charge in [0.15, 0.2) is 0 Å². The van der Waals surface area contributed by atoms with Gasteiger partial charge in [-0.3, -0.25) is 5.43 Å². The van der Waals surface area contributed by atoms with Crippen LogP contribution in [0.4, 0.5) is 5.69 Å². The molecule has 0 radical (unpaired) electrons. The van der Waals surface area contributed by atoms with Crippen molar-refractivity contribution in [2.45, 2.75) is 6.92 Å². The zero-order chi connectivity index (χ0) is 17.6. The molecule has 1 N–H and O–H groups in total. The third kappa shape index (κ3) is 3.36. The van der Waals surface area contributed by atoms with Crippen LogP contribution in [0.15, 0.2) is 58.2 Å². The smallest absolute Gasteiger partial charge is 0.260 e. The van der Waals surface area contributed by atoms with Crippen LogP contribution in [-0.2, 0) is 0 Å². The quantitative estimate of drug-likeness (QED) is 0.579. The number of hydrogen-bond donors (Lipinski definition) is 1. The highest BCUT2D eigenvalue weighted by molar-refractivity contribution is 6.10. The molecule has 0 aliphatic carbocycles. The number of nitriles is 2. The molecule has 0 fully saturated rings. The van der Waals surface area contributed by atoms with E-state index in [1.54, 1.807) is 30.3 Å². The summed E-state index contributed by atoms with van der Waals surface area (Å²) < 4.78 is 5.38. The summed E-state index contributed by atoms with van der Waals surface area (Å²) in [7, 11) is 0. The van der Waals surface area contributed by atoms with Gasteiger partial charge in [-0.05, 0) is 24.6 Å². The molecule has 0 aliphatic rings. The van der Waals surface area contributed by atoms with E-state index in [9.17, 15) is 0 Å². The Balaban J connectivity index is 1.97. The number of para-hydroxylation sites is 1. The van der Waals surface area contributed by atoms with E-state index in [2.05, 4.69) is 20.7 Å². The van der Waals surface area contributed by atoms with E-state index in [1.807, 2.05) is 37.3 Å². The van der Waals surface area contributed by atoms with Gasteiger partial charge in [-0.2, -0.15) is 20.6 Å². The highest BCUT2D eigenvalue weighted by atomic mass is 16.5. The summed E-state index contributed by atoms with van der Waals surface area (Å²) in [6.07, 6.45) is 0. The maximum Gasteiger partial charge on any atom is 0.260 e. The topological polar surface area (TPSA) is 111 Å². The minimum absolute atomic E-state index is 0.277. The average Bonchev–Trinajstić information content (AvgIpc) is 3.13. The number of benzene rings is 2. The molecule has 1 heterocycles. The molecular weight excluding hydrogens is 316 g/mol. The van der Waals surface area contributed by atoms with Crippen LogP contribution in [0.2, 0.25) is 0 Å². The fourth-order valence-corrected chi connectivity index (χ4v) is 2.22. The molecule has 0 atom stereocenters. The van der Waals surface area contributed by atoms with Gasteiger partial charge in [-0.1, -0.05) is 41.6 Å². The molecule has 0 unspecified atom stereocenters. The number of nitrogens with zero attached hydrogens (tertiary/aromatic N) is 5. The number of hydrazone groups is 1. The Morgan fingerprint density at radius 3 is 2.44 bits per heavy atom. The lowest BCUT2D eigenvalue weighted by Gasteiger charge is -2.04. The fourth-order valence-electron chi connectivity index (χ4n) is 2.22. The van der Waals surface area contributed by atoms with Crippen molar-refractivity contribution in [3.05, 3.63) is 54.1 Å². The van der Waals surface area contributed by atoms with Gasteiger partial charge in [0.1, 0.15) is 12.1 Å². The van der Waals surface area contributed by atoms with Crippen molar-refractivity contribution in [3.8, 4) is 35.0 Å². The maximum absolute atomic E-state index is 8.76. The summed E-state index contributed by atoms with van der Waals surface area (Å²) in [6, 6.07) is 18.3. The van der Waals surface area contributed by atoms with Crippen molar-refractivity contribution < 1.29 is 4.52 Å². The molecule has 0 aliphatic heterocycles. The van der Waals surface area contributed by atoms with Gasteiger partial charge >= 0.3 is 0 Å². The second kappa shape index (κ2) is 7.07. The molecule has 0 saturated carbocycles. The molecule has 1 aromatic heterocycles. The van der Waals surface area contributed by atoms with Gasteiger partial charge in [0.05, 0.1) is 11.3 Å². The Morgan fingerprint density at radius 1 is 1.04 bits per heavy atom. The third-order valence-electron chi connectivity index (χ3n) is 3.47. The number of anilines is 1. The fraction of sp³-hybridized carbons (Fsp3) is 0.0556. The molecule has 3 rings (SSSR count). The lowest BCUT2D eigenvalue weighted by molar-refractivity contribution is 0.432. The second-order valence-electron chi connectivity index (χ2n) is 5.08. The second-order valence-corrected chi connectivity index (χ2v) is 5.08. The third-order valence-corrected chi connectivity index (χ3v) is 3.47. The van der Waals surface area contributed by atoms with Crippen molar-refractivity contribution >= 4 is 11.4 Å². The van der Waals surface area contributed by atoms with E-state index in [0.717, 1.165) is 11.1 Å². The largest absolute Gasteiger partial charge is 0.334 e. The van der Waals surface area contributed by atoms with Crippen LogP contribution in [0.25, 0.3) is 22.8 Å². The molecule has 25 heavy (non-hydrogen) atoms. The molecule has 120 valence electrons. The first kappa shape index (κ1) is 15.9. The number of rotatable bonds is 4. The zero-order valence-electron chi connectivity index (χ0n) is 13.3. The van der Waals surface area contributed by atoms with E-state index >= 15 is 0 Å². The molecular formula is C18H12N6O. The van der Waals surface area contributed by atoms with Crippen LogP contribution in [0.1, 0.15) is 5.56 Å². The molecule has 0 spiro atoms. The first-order chi connectivity index (χ1) is 12.2. The number of nitrogens with one attached hydrogen (secondary N) is 1. The standard InChI is InChI=1S/C18H12N6O/c1-12-6-2-3-7-14(12)17-21-18(25-24-17)15-8-4-5-9-16(15)23-22-13(10-19)11-20/h2-9,23H,1H3. The minimum Gasteiger partial charge on any atom is -0.334 e. The lowest BCUT2D eigenvalue weighted by Crippen LogP contribution is -1.98. The summed E-state index contributed by atoms with van der Waals surface area (Å²) >= 11 is 0. The lowest BCUT2D eigenvalue weighted by atomic mass is 10.1. The van der Waals surface area contributed by atoms with Crippen molar-refractivity contribution in [1.29, 1.82) is 10.5 Å². The molecule has 0 amide bonds. The first-order valence-corrected chi connectivity index (χ1v) is 7.36. The van der Waals surface area contributed by atoms with Crippen molar-refractivity contribution in [3.63, 3.8) is 0 Å². The summed E-state index contributed by atoms with van der Waals surface area (Å²) in [5.74, 6) is 0.799. The Morgan fingerprint density at radius 2 is 1.72 bits per heavy atom. The molecule has 0 bridgehead atoms. The number of hydrogen-bond acceptors (Lipinski definition) is 7. The monoisotopic (exact) mass is 328 g/mol. The van der Waals surface area contributed by atoms with E-state index < -0.39 is 0 Å². The predicted molar refractivity (Wildman–Crippen MR) is 92.2 cm³/mol. The Kier molecular flexibility index (Phi) is 4.50. The summed E-state index contributed by atoms with van der Waals surface area (Å²) in [5.41, 5.74) is 5.50. The summed E-state index contributed by atoms with van der Waals surface area (Å²) in [5, 5.41) is 25.3. The molecule has 0 saturated heterocycles. The Bertz CT molecular complexity index is 1010. The van der Waals surface area contributed by atoms with Crippen molar-refractivity contribution in [2.75, 3.05) is 5.43 Å². The first-order valence-electron chi connectivity index (χ1n) is 7.36. The molecule has 3 aromatic rings. The maximum atomic E-state index is 8.76. The van der Waals surface area contributed by atoms with Gasteiger partial charge in [0.2, 0.25) is 11.5 Å². The van der Waals surface area contributed by atoms with Crippen LogP contribution >= 0.6 is 0 Å². The number of aromatic nitrogens is 2. The zero-order valence-corrected chi connectivity index (χ0v) is 13.3. The Labute approximate surface area is 143 Å². The molecule has 2 aromatic carbocycles. The average molecular weight is 328 g/mol. The summed E-state index contributed by atoms with van der Waals surface area (Å²) in [4.78, 5) is 4.44. The van der Waals surface area contributed by atoms with Crippen LogP contribution < -0.4 is 5.43 Å².